The number of sulfonamides is 1. The number of piperidine rings is 1. The maximum Gasteiger partial charge on any atom is 0.211 e. The van der Waals surface area contributed by atoms with Crippen molar-refractivity contribution in [1.82, 2.24) is 10.0 Å². The summed E-state index contributed by atoms with van der Waals surface area (Å²) in [6.45, 7) is 6.73. The highest BCUT2D eigenvalue weighted by atomic mass is 32.2. The normalized spacial score (nSPS) is 23.5. The van der Waals surface area contributed by atoms with Crippen LogP contribution in [-0.2, 0) is 10.0 Å². The maximum absolute atomic E-state index is 11.7. The van der Waals surface area contributed by atoms with Crippen molar-refractivity contribution in [2.24, 2.45) is 11.8 Å². The molecule has 1 fully saturated rings. The summed E-state index contributed by atoms with van der Waals surface area (Å²) >= 11 is 0. The molecule has 2 N–H and O–H groups in total. The van der Waals surface area contributed by atoms with Crippen LogP contribution in [0.3, 0.4) is 0 Å². The summed E-state index contributed by atoms with van der Waals surface area (Å²) in [6, 6.07) is 0. The van der Waals surface area contributed by atoms with Crippen LogP contribution in [-0.4, -0.2) is 33.8 Å². The molecule has 0 amide bonds. The fourth-order valence-corrected chi connectivity index (χ4v) is 3.67. The van der Waals surface area contributed by atoms with Crippen molar-refractivity contribution in [3.8, 4) is 0 Å². The van der Waals surface area contributed by atoms with E-state index >= 15 is 0 Å². The van der Waals surface area contributed by atoms with Gasteiger partial charge in [0.1, 0.15) is 0 Å². The number of hydrogen-bond donors (Lipinski definition) is 2. The van der Waals surface area contributed by atoms with E-state index in [-0.39, 0.29) is 11.7 Å². The average molecular weight is 262 g/mol. The first-order valence-corrected chi connectivity index (χ1v) is 8.36. The van der Waals surface area contributed by atoms with Crippen LogP contribution in [0.25, 0.3) is 0 Å². The largest absolute Gasteiger partial charge is 0.316 e. The van der Waals surface area contributed by atoms with Gasteiger partial charge in [0.05, 0.1) is 5.75 Å². The monoisotopic (exact) mass is 262 g/mol. The van der Waals surface area contributed by atoms with Crippen LogP contribution in [0.2, 0.25) is 0 Å². The molecule has 4 nitrogen and oxygen atoms in total. The molecule has 1 aliphatic rings. The van der Waals surface area contributed by atoms with Gasteiger partial charge in [0.15, 0.2) is 0 Å². The molecule has 17 heavy (non-hydrogen) atoms. The standard InChI is InChI=1S/C12H26N2O2S/c1-3-11(2)10-17(15,16)14-8-6-12-5-4-7-13-9-12/h11-14H,3-10H2,1-2H3. The van der Waals surface area contributed by atoms with Crippen molar-refractivity contribution in [3.05, 3.63) is 0 Å². The second kappa shape index (κ2) is 7.34. The lowest BCUT2D eigenvalue weighted by Gasteiger charge is -2.22. The van der Waals surface area contributed by atoms with E-state index < -0.39 is 10.0 Å². The van der Waals surface area contributed by atoms with Crippen LogP contribution in [0.15, 0.2) is 0 Å². The van der Waals surface area contributed by atoms with Gasteiger partial charge < -0.3 is 5.32 Å². The van der Waals surface area contributed by atoms with E-state index in [1.807, 2.05) is 13.8 Å². The first-order chi connectivity index (χ1) is 8.03. The summed E-state index contributed by atoms with van der Waals surface area (Å²) in [5.41, 5.74) is 0. The van der Waals surface area contributed by atoms with Gasteiger partial charge in [0.25, 0.3) is 0 Å². The third-order valence-electron chi connectivity index (χ3n) is 3.47. The van der Waals surface area contributed by atoms with Crippen molar-refractivity contribution in [2.75, 3.05) is 25.4 Å². The van der Waals surface area contributed by atoms with E-state index in [4.69, 9.17) is 0 Å². The number of nitrogens with one attached hydrogen (secondary N) is 2. The van der Waals surface area contributed by atoms with E-state index in [9.17, 15) is 8.42 Å². The number of hydrogen-bond acceptors (Lipinski definition) is 3. The Kier molecular flexibility index (Phi) is 6.44. The molecule has 0 aromatic rings. The zero-order valence-corrected chi connectivity index (χ0v) is 11.9. The molecular formula is C12H26N2O2S. The molecule has 5 heteroatoms. The highest BCUT2D eigenvalue weighted by molar-refractivity contribution is 7.89. The molecule has 1 aliphatic heterocycles. The van der Waals surface area contributed by atoms with Crippen molar-refractivity contribution >= 4 is 10.0 Å². The maximum atomic E-state index is 11.7. The Labute approximate surface area is 106 Å². The quantitative estimate of drug-likeness (QED) is 0.728. The summed E-state index contributed by atoms with van der Waals surface area (Å²) < 4.78 is 26.1. The lowest BCUT2D eigenvalue weighted by molar-refractivity contribution is 0.358. The lowest BCUT2D eigenvalue weighted by Crippen LogP contribution is -2.34. The third kappa shape index (κ3) is 6.38. The van der Waals surface area contributed by atoms with Crippen LogP contribution in [0, 0.1) is 11.8 Å². The molecule has 0 spiro atoms. The Morgan fingerprint density at radius 1 is 1.47 bits per heavy atom. The minimum absolute atomic E-state index is 0.240. The molecule has 1 rings (SSSR count). The predicted molar refractivity (Wildman–Crippen MR) is 71.5 cm³/mol. The fourth-order valence-electron chi connectivity index (χ4n) is 2.14. The summed E-state index contributed by atoms with van der Waals surface area (Å²) in [4.78, 5) is 0. The van der Waals surface area contributed by atoms with Gasteiger partial charge in [-0.05, 0) is 44.2 Å². The van der Waals surface area contributed by atoms with Gasteiger partial charge in [-0.25, -0.2) is 13.1 Å². The Balaban J connectivity index is 2.20. The summed E-state index contributed by atoms with van der Waals surface area (Å²) in [5.74, 6) is 1.13. The van der Waals surface area contributed by atoms with E-state index in [1.165, 1.54) is 12.8 Å². The van der Waals surface area contributed by atoms with Gasteiger partial charge in [-0.1, -0.05) is 20.3 Å². The molecule has 0 aliphatic carbocycles. The van der Waals surface area contributed by atoms with E-state index in [1.54, 1.807) is 0 Å². The summed E-state index contributed by atoms with van der Waals surface area (Å²) in [7, 11) is -3.06. The van der Waals surface area contributed by atoms with Crippen LogP contribution < -0.4 is 10.0 Å². The van der Waals surface area contributed by atoms with Crippen molar-refractivity contribution in [3.63, 3.8) is 0 Å². The minimum Gasteiger partial charge on any atom is -0.316 e. The van der Waals surface area contributed by atoms with Gasteiger partial charge in [0, 0.05) is 6.54 Å². The van der Waals surface area contributed by atoms with Gasteiger partial charge in [-0.15, -0.1) is 0 Å². The summed E-state index contributed by atoms with van der Waals surface area (Å²) in [5, 5.41) is 3.35. The number of rotatable bonds is 7. The molecule has 2 atom stereocenters. The Hall–Kier alpha value is -0.130. The van der Waals surface area contributed by atoms with E-state index in [0.717, 1.165) is 25.9 Å². The molecule has 0 aromatic heterocycles. The van der Waals surface area contributed by atoms with Crippen LogP contribution in [0.4, 0.5) is 0 Å². The van der Waals surface area contributed by atoms with Gasteiger partial charge >= 0.3 is 0 Å². The molecule has 0 bridgehead atoms. The first kappa shape index (κ1) is 14.9. The highest BCUT2D eigenvalue weighted by Gasteiger charge is 2.16. The smallest absolute Gasteiger partial charge is 0.211 e. The minimum atomic E-state index is -3.06. The topological polar surface area (TPSA) is 58.2 Å². The molecule has 0 saturated carbocycles. The molecule has 1 heterocycles. The lowest BCUT2D eigenvalue weighted by atomic mass is 9.96. The Bertz CT molecular complexity index is 298. The Morgan fingerprint density at radius 2 is 2.24 bits per heavy atom. The zero-order chi connectivity index (χ0) is 12.7. The summed E-state index contributed by atoms with van der Waals surface area (Å²) in [6.07, 6.45) is 4.30. The third-order valence-corrected chi connectivity index (χ3v) is 5.13. The fraction of sp³-hybridized carbons (Fsp3) is 1.00. The van der Waals surface area contributed by atoms with Gasteiger partial charge in [-0.3, -0.25) is 0 Å². The average Bonchev–Trinajstić information content (AvgIpc) is 2.29. The molecular weight excluding hydrogens is 236 g/mol. The second-order valence-corrected chi connectivity index (χ2v) is 7.04. The van der Waals surface area contributed by atoms with Gasteiger partial charge in [-0.2, -0.15) is 0 Å². The van der Waals surface area contributed by atoms with Crippen molar-refractivity contribution in [1.29, 1.82) is 0 Å². The highest BCUT2D eigenvalue weighted by Crippen LogP contribution is 2.13. The second-order valence-electron chi connectivity index (χ2n) is 5.19. The molecule has 102 valence electrons. The SMILES string of the molecule is CCC(C)CS(=O)(=O)NCCC1CCCNC1. The predicted octanol–water partition coefficient (Wildman–Crippen LogP) is 1.34. The molecule has 2 unspecified atom stereocenters. The first-order valence-electron chi connectivity index (χ1n) is 6.71. The molecule has 1 saturated heterocycles. The van der Waals surface area contributed by atoms with Crippen LogP contribution in [0.5, 0.6) is 0 Å². The molecule has 0 radical (unpaired) electrons. The van der Waals surface area contributed by atoms with Crippen molar-refractivity contribution in [2.45, 2.75) is 39.5 Å². The van der Waals surface area contributed by atoms with Crippen LogP contribution >= 0.6 is 0 Å². The Morgan fingerprint density at radius 3 is 2.82 bits per heavy atom. The van der Waals surface area contributed by atoms with E-state index in [0.29, 0.717) is 12.5 Å². The van der Waals surface area contributed by atoms with Crippen LogP contribution in [0.1, 0.15) is 39.5 Å². The zero-order valence-electron chi connectivity index (χ0n) is 11.0. The van der Waals surface area contributed by atoms with Crippen molar-refractivity contribution < 1.29 is 8.42 Å². The van der Waals surface area contributed by atoms with Gasteiger partial charge in [0.2, 0.25) is 10.0 Å². The molecule has 0 aromatic carbocycles. The van der Waals surface area contributed by atoms with E-state index in [2.05, 4.69) is 10.0 Å².